The van der Waals surface area contributed by atoms with E-state index in [1.165, 1.54) is 80.4 Å². The predicted octanol–water partition coefficient (Wildman–Crippen LogP) is 5.61. The highest BCUT2D eigenvalue weighted by Crippen LogP contribution is 2.34. The number of likely N-dealkylation sites (tertiary alicyclic amines) is 1. The van der Waals surface area contributed by atoms with E-state index in [2.05, 4.69) is 54.5 Å². The quantitative estimate of drug-likeness (QED) is 0.725. The minimum atomic E-state index is 0.638. The van der Waals surface area contributed by atoms with Crippen molar-refractivity contribution in [3.8, 4) is 11.1 Å². The van der Waals surface area contributed by atoms with Crippen molar-refractivity contribution in [2.45, 2.75) is 56.8 Å². The Morgan fingerprint density at radius 2 is 1.44 bits per heavy atom. The Bertz CT molecular complexity index is 660. The molecule has 2 nitrogen and oxygen atoms in total. The molecule has 0 amide bonds. The highest BCUT2D eigenvalue weighted by atomic mass is 15.1. The molecular formula is C23H30N2. The van der Waals surface area contributed by atoms with E-state index in [9.17, 15) is 0 Å². The van der Waals surface area contributed by atoms with Crippen LogP contribution in [0.3, 0.4) is 0 Å². The van der Waals surface area contributed by atoms with Crippen LogP contribution in [0.15, 0.2) is 42.6 Å². The first kappa shape index (κ1) is 16.8. The lowest BCUT2D eigenvalue weighted by Gasteiger charge is -2.28. The molecule has 0 N–H and O–H groups in total. The number of rotatable bonds is 3. The average molecular weight is 335 g/mol. The fourth-order valence-corrected chi connectivity index (χ4v) is 4.51. The molecule has 1 saturated heterocycles. The lowest BCUT2D eigenvalue weighted by atomic mass is 9.84. The molecule has 0 atom stereocenters. The summed E-state index contributed by atoms with van der Waals surface area (Å²) in [6.07, 6.45) is 11.5. The van der Waals surface area contributed by atoms with Gasteiger partial charge in [-0.2, -0.15) is 0 Å². The van der Waals surface area contributed by atoms with Gasteiger partial charge in [0.25, 0.3) is 0 Å². The molecule has 2 aliphatic rings. The van der Waals surface area contributed by atoms with E-state index in [4.69, 9.17) is 4.98 Å². The molecule has 1 saturated carbocycles. The number of hydrogen-bond donors (Lipinski definition) is 0. The van der Waals surface area contributed by atoms with Crippen molar-refractivity contribution in [3.05, 3.63) is 53.9 Å². The van der Waals surface area contributed by atoms with Gasteiger partial charge in [0.2, 0.25) is 0 Å². The first-order chi connectivity index (χ1) is 12.3. The monoisotopic (exact) mass is 334 g/mol. The molecule has 0 radical (unpaired) electrons. The summed E-state index contributed by atoms with van der Waals surface area (Å²) >= 11 is 0. The molecule has 1 aliphatic heterocycles. The van der Waals surface area contributed by atoms with Crippen LogP contribution in [0.1, 0.15) is 68.0 Å². The van der Waals surface area contributed by atoms with Gasteiger partial charge in [-0.3, -0.25) is 4.98 Å². The Balaban J connectivity index is 1.44. The van der Waals surface area contributed by atoms with Crippen LogP contribution in [-0.2, 0) is 0 Å². The summed E-state index contributed by atoms with van der Waals surface area (Å²) in [6.45, 7) is 2.38. The van der Waals surface area contributed by atoms with Crippen LogP contribution in [-0.4, -0.2) is 30.0 Å². The second kappa shape index (κ2) is 7.70. The SMILES string of the molecule is CN1CCC(c2ccc(-c3ccc(C4CCCCC4)cc3)cn2)CC1. The van der Waals surface area contributed by atoms with Crippen molar-refractivity contribution in [3.63, 3.8) is 0 Å². The maximum atomic E-state index is 4.80. The molecule has 2 heteroatoms. The van der Waals surface area contributed by atoms with Crippen molar-refractivity contribution in [2.75, 3.05) is 20.1 Å². The minimum absolute atomic E-state index is 0.638. The normalized spacial score (nSPS) is 20.7. The van der Waals surface area contributed by atoms with Gasteiger partial charge in [-0.1, -0.05) is 49.6 Å². The van der Waals surface area contributed by atoms with Crippen LogP contribution in [0.25, 0.3) is 11.1 Å². The van der Waals surface area contributed by atoms with E-state index in [1.807, 2.05) is 0 Å². The number of benzene rings is 1. The second-order valence-corrected chi connectivity index (χ2v) is 8.01. The van der Waals surface area contributed by atoms with Crippen LogP contribution < -0.4 is 0 Å². The molecule has 0 bridgehead atoms. The zero-order chi connectivity index (χ0) is 17.1. The van der Waals surface area contributed by atoms with Crippen molar-refractivity contribution in [1.82, 2.24) is 9.88 Å². The molecule has 2 fully saturated rings. The number of pyridine rings is 1. The van der Waals surface area contributed by atoms with Crippen molar-refractivity contribution >= 4 is 0 Å². The molecule has 0 unspecified atom stereocenters. The van der Waals surface area contributed by atoms with E-state index < -0.39 is 0 Å². The summed E-state index contributed by atoms with van der Waals surface area (Å²) in [5.41, 5.74) is 5.34. The summed E-state index contributed by atoms with van der Waals surface area (Å²) in [4.78, 5) is 7.21. The standard InChI is InChI=1S/C23H30N2/c1-25-15-13-21(14-16-25)23-12-11-22(17-24-23)20-9-7-19(8-10-20)18-5-3-2-4-6-18/h7-12,17-18,21H,2-6,13-16H2,1H3. The summed E-state index contributed by atoms with van der Waals surface area (Å²) in [7, 11) is 2.21. The lowest BCUT2D eigenvalue weighted by Crippen LogP contribution is -2.29. The van der Waals surface area contributed by atoms with Gasteiger partial charge < -0.3 is 4.90 Å². The third-order valence-corrected chi connectivity index (χ3v) is 6.24. The zero-order valence-electron chi connectivity index (χ0n) is 15.5. The molecule has 4 rings (SSSR count). The number of nitrogens with zero attached hydrogens (tertiary/aromatic N) is 2. The highest BCUT2D eigenvalue weighted by Gasteiger charge is 2.19. The number of piperidine rings is 1. The molecule has 1 aromatic heterocycles. The van der Waals surface area contributed by atoms with Gasteiger partial charge in [0, 0.05) is 23.4 Å². The largest absolute Gasteiger partial charge is 0.306 e. The fraction of sp³-hybridized carbons (Fsp3) is 0.522. The van der Waals surface area contributed by atoms with Crippen molar-refractivity contribution in [2.24, 2.45) is 0 Å². The first-order valence-corrected chi connectivity index (χ1v) is 10.0. The molecule has 25 heavy (non-hydrogen) atoms. The Morgan fingerprint density at radius 1 is 0.760 bits per heavy atom. The molecule has 0 spiro atoms. The van der Waals surface area contributed by atoms with E-state index in [0.717, 1.165) is 5.92 Å². The molecule has 1 aliphatic carbocycles. The van der Waals surface area contributed by atoms with Crippen LogP contribution in [0.5, 0.6) is 0 Å². The van der Waals surface area contributed by atoms with Crippen LogP contribution in [0, 0.1) is 0 Å². The van der Waals surface area contributed by atoms with Gasteiger partial charge >= 0.3 is 0 Å². The summed E-state index contributed by atoms with van der Waals surface area (Å²) < 4.78 is 0. The third-order valence-electron chi connectivity index (χ3n) is 6.24. The van der Waals surface area contributed by atoms with E-state index in [-0.39, 0.29) is 0 Å². The Labute approximate surface area is 152 Å². The Hall–Kier alpha value is -1.67. The zero-order valence-corrected chi connectivity index (χ0v) is 15.5. The molecule has 1 aromatic carbocycles. The minimum Gasteiger partial charge on any atom is -0.306 e. The van der Waals surface area contributed by atoms with E-state index in [1.54, 1.807) is 0 Å². The number of aromatic nitrogens is 1. The lowest BCUT2D eigenvalue weighted by molar-refractivity contribution is 0.253. The first-order valence-electron chi connectivity index (χ1n) is 10.0. The van der Waals surface area contributed by atoms with Gasteiger partial charge in [-0.15, -0.1) is 0 Å². The summed E-state index contributed by atoms with van der Waals surface area (Å²) in [6, 6.07) is 13.8. The predicted molar refractivity (Wildman–Crippen MR) is 105 cm³/mol. The molecule has 2 heterocycles. The van der Waals surface area contributed by atoms with Crippen LogP contribution >= 0.6 is 0 Å². The molecular weight excluding hydrogens is 304 g/mol. The van der Waals surface area contributed by atoms with Crippen LogP contribution in [0.4, 0.5) is 0 Å². The van der Waals surface area contributed by atoms with E-state index >= 15 is 0 Å². The highest BCUT2D eigenvalue weighted by molar-refractivity contribution is 5.63. The second-order valence-electron chi connectivity index (χ2n) is 8.01. The summed E-state index contributed by atoms with van der Waals surface area (Å²) in [5.74, 6) is 1.42. The molecule has 2 aromatic rings. The fourth-order valence-electron chi connectivity index (χ4n) is 4.51. The van der Waals surface area contributed by atoms with Gasteiger partial charge in [-0.05, 0) is 68.9 Å². The van der Waals surface area contributed by atoms with Crippen molar-refractivity contribution < 1.29 is 0 Å². The van der Waals surface area contributed by atoms with Gasteiger partial charge in [0.15, 0.2) is 0 Å². The topological polar surface area (TPSA) is 16.1 Å². The maximum absolute atomic E-state index is 4.80. The van der Waals surface area contributed by atoms with Gasteiger partial charge in [0.05, 0.1) is 0 Å². The van der Waals surface area contributed by atoms with E-state index in [0.29, 0.717) is 5.92 Å². The summed E-state index contributed by atoms with van der Waals surface area (Å²) in [5, 5.41) is 0. The average Bonchev–Trinajstić information content (AvgIpc) is 2.70. The Kier molecular flexibility index (Phi) is 5.17. The maximum Gasteiger partial charge on any atom is 0.0435 e. The van der Waals surface area contributed by atoms with Gasteiger partial charge in [-0.25, -0.2) is 0 Å². The van der Waals surface area contributed by atoms with Gasteiger partial charge in [0.1, 0.15) is 0 Å². The third kappa shape index (κ3) is 3.95. The van der Waals surface area contributed by atoms with Crippen molar-refractivity contribution in [1.29, 1.82) is 0 Å². The van der Waals surface area contributed by atoms with Crippen LogP contribution in [0.2, 0.25) is 0 Å². The number of hydrogen-bond acceptors (Lipinski definition) is 2. The smallest absolute Gasteiger partial charge is 0.0435 e. The molecule has 132 valence electrons. The Morgan fingerprint density at radius 3 is 2.08 bits per heavy atom.